The summed E-state index contributed by atoms with van der Waals surface area (Å²) < 4.78 is 6.48. The van der Waals surface area contributed by atoms with Crippen molar-refractivity contribution in [1.29, 1.82) is 0 Å². The monoisotopic (exact) mass is 286 g/mol. The lowest BCUT2D eigenvalue weighted by molar-refractivity contribution is 0.449. The second kappa shape index (κ2) is 4.49. The topological polar surface area (TPSA) is 51.2 Å². The number of aryl methyl sites for hydroxylation is 1. The number of hydrazine groups is 1. The number of hydrogen-bond acceptors (Lipinski definition) is 4. The van der Waals surface area contributed by atoms with Crippen LogP contribution in [0.4, 0.5) is 0 Å². The van der Waals surface area contributed by atoms with Crippen molar-refractivity contribution in [2.45, 2.75) is 13.0 Å². The highest BCUT2D eigenvalue weighted by molar-refractivity contribution is 9.10. The highest BCUT2D eigenvalue weighted by atomic mass is 79.9. The average Bonchev–Trinajstić information content (AvgIpc) is 2.80. The zero-order chi connectivity index (χ0) is 10.8. The Morgan fingerprint density at radius 3 is 2.80 bits per heavy atom. The summed E-state index contributed by atoms with van der Waals surface area (Å²) in [5, 5.41) is 4.08. The Kier molecular flexibility index (Phi) is 3.25. The highest BCUT2D eigenvalue weighted by Gasteiger charge is 2.20. The van der Waals surface area contributed by atoms with E-state index in [4.69, 9.17) is 10.3 Å². The lowest BCUT2D eigenvalue weighted by Gasteiger charge is -2.13. The minimum absolute atomic E-state index is 0.0966. The summed E-state index contributed by atoms with van der Waals surface area (Å²) in [6.45, 7) is 2.00. The maximum Gasteiger partial charge on any atom is 0.129 e. The maximum atomic E-state index is 5.57. The first-order valence-electron chi connectivity index (χ1n) is 4.45. The molecule has 2 heterocycles. The first kappa shape index (κ1) is 10.9. The molecule has 0 amide bonds. The standard InChI is InChI=1S/C10H11BrN2OS/c1-6-2-3-14-10(6)9(13-12)7-4-15-5-8(7)11/h2-5,9,13H,12H2,1H3. The number of rotatable bonds is 3. The molecule has 0 spiro atoms. The molecule has 5 heteroatoms. The minimum atomic E-state index is -0.0966. The molecule has 0 saturated carbocycles. The quantitative estimate of drug-likeness (QED) is 0.674. The van der Waals surface area contributed by atoms with E-state index < -0.39 is 0 Å². The Morgan fingerprint density at radius 2 is 2.33 bits per heavy atom. The summed E-state index contributed by atoms with van der Waals surface area (Å²) in [7, 11) is 0. The van der Waals surface area contributed by atoms with Crippen LogP contribution in [0.15, 0.2) is 32.0 Å². The van der Waals surface area contributed by atoms with Crippen molar-refractivity contribution in [2.75, 3.05) is 0 Å². The zero-order valence-corrected chi connectivity index (χ0v) is 10.6. The van der Waals surface area contributed by atoms with Gasteiger partial charge in [-0.15, -0.1) is 0 Å². The lowest BCUT2D eigenvalue weighted by atomic mass is 10.1. The van der Waals surface area contributed by atoms with Gasteiger partial charge in [0.05, 0.1) is 6.26 Å². The number of furan rings is 1. The van der Waals surface area contributed by atoms with Gasteiger partial charge in [-0.3, -0.25) is 5.84 Å². The molecule has 3 nitrogen and oxygen atoms in total. The molecule has 2 rings (SSSR count). The van der Waals surface area contributed by atoms with E-state index in [1.807, 2.05) is 18.4 Å². The van der Waals surface area contributed by atoms with Crippen LogP contribution < -0.4 is 11.3 Å². The molecule has 0 bridgehead atoms. The van der Waals surface area contributed by atoms with E-state index in [2.05, 4.69) is 26.7 Å². The molecule has 0 aromatic carbocycles. The predicted molar refractivity (Wildman–Crippen MR) is 64.6 cm³/mol. The van der Waals surface area contributed by atoms with Gasteiger partial charge in [-0.2, -0.15) is 11.3 Å². The third-order valence-electron chi connectivity index (χ3n) is 2.28. The molecule has 0 aliphatic carbocycles. The molecule has 0 saturated heterocycles. The van der Waals surface area contributed by atoms with Crippen molar-refractivity contribution < 1.29 is 4.42 Å². The number of thiophene rings is 1. The summed E-state index contributed by atoms with van der Waals surface area (Å²) in [4.78, 5) is 0. The van der Waals surface area contributed by atoms with Gasteiger partial charge in [-0.1, -0.05) is 0 Å². The van der Waals surface area contributed by atoms with Gasteiger partial charge in [-0.25, -0.2) is 5.43 Å². The first-order valence-corrected chi connectivity index (χ1v) is 6.19. The summed E-state index contributed by atoms with van der Waals surface area (Å²) in [5.74, 6) is 6.42. The Labute approximate surface area is 100 Å². The van der Waals surface area contributed by atoms with Crippen molar-refractivity contribution in [3.05, 3.63) is 44.4 Å². The molecule has 3 N–H and O–H groups in total. The van der Waals surface area contributed by atoms with Gasteiger partial charge in [0.2, 0.25) is 0 Å². The van der Waals surface area contributed by atoms with Crippen LogP contribution in [-0.4, -0.2) is 0 Å². The number of hydrogen-bond donors (Lipinski definition) is 2. The van der Waals surface area contributed by atoms with Crippen LogP contribution in [0.2, 0.25) is 0 Å². The van der Waals surface area contributed by atoms with Gasteiger partial charge in [0.1, 0.15) is 11.8 Å². The summed E-state index contributed by atoms with van der Waals surface area (Å²) >= 11 is 5.12. The molecule has 15 heavy (non-hydrogen) atoms. The number of nitrogens with two attached hydrogens (primary N) is 1. The minimum Gasteiger partial charge on any atom is -0.467 e. The Hall–Kier alpha value is -0.620. The predicted octanol–water partition coefficient (Wildman–Crippen LogP) is 2.96. The lowest BCUT2D eigenvalue weighted by Crippen LogP contribution is -2.28. The highest BCUT2D eigenvalue weighted by Crippen LogP contribution is 2.32. The first-order chi connectivity index (χ1) is 7.24. The van der Waals surface area contributed by atoms with Crippen LogP contribution in [0.5, 0.6) is 0 Å². The van der Waals surface area contributed by atoms with E-state index in [-0.39, 0.29) is 6.04 Å². The molecule has 2 aromatic heterocycles. The number of halogens is 1. The van der Waals surface area contributed by atoms with E-state index in [0.717, 1.165) is 21.4 Å². The molecule has 1 atom stereocenters. The second-order valence-electron chi connectivity index (χ2n) is 3.24. The average molecular weight is 287 g/mol. The van der Waals surface area contributed by atoms with E-state index in [9.17, 15) is 0 Å². The van der Waals surface area contributed by atoms with E-state index in [1.165, 1.54) is 0 Å². The van der Waals surface area contributed by atoms with Crippen molar-refractivity contribution >= 4 is 27.3 Å². The fourth-order valence-corrected chi connectivity index (χ4v) is 3.04. The van der Waals surface area contributed by atoms with Crippen LogP contribution in [0, 0.1) is 6.92 Å². The van der Waals surface area contributed by atoms with Crippen molar-refractivity contribution in [2.24, 2.45) is 5.84 Å². The smallest absolute Gasteiger partial charge is 0.129 e. The van der Waals surface area contributed by atoms with Crippen molar-refractivity contribution in [3.8, 4) is 0 Å². The van der Waals surface area contributed by atoms with E-state index >= 15 is 0 Å². The fourth-order valence-electron chi connectivity index (χ4n) is 1.48. The van der Waals surface area contributed by atoms with Crippen LogP contribution in [0.25, 0.3) is 0 Å². The molecular weight excluding hydrogens is 276 g/mol. The van der Waals surface area contributed by atoms with E-state index in [0.29, 0.717) is 0 Å². The van der Waals surface area contributed by atoms with Gasteiger partial charge < -0.3 is 4.42 Å². The Bertz CT molecular complexity index is 411. The molecule has 0 aliphatic heterocycles. The molecule has 1 unspecified atom stereocenters. The van der Waals surface area contributed by atoms with Crippen LogP contribution >= 0.6 is 27.3 Å². The zero-order valence-electron chi connectivity index (χ0n) is 8.16. The molecule has 2 aromatic rings. The van der Waals surface area contributed by atoms with Crippen LogP contribution in [0.1, 0.15) is 22.9 Å². The largest absolute Gasteiger partial charge is 0.467 e. The van der Waals surface area contributed by atoms with Gasteiger partial charge in [0.15, 0.2) is 0 Å². The van der Waals surface area contributed by atoms with Crippen molar-refractivity contribution in [1.82, 2.24) is 5.43 Å². The third kappa shape index (κ3) is 2.01. The molecule has 0 radical (unpaired) electrons. The molecule has 80 valence electrons. The Morgan fingerprint density at radius 1 is 1.53 bits per heavy atom. The normalized spacial score (nSPS) is 13.0. The summed E-state index contributed by atoms with van der Waals surface area (Å²) in [5.41, 5.74) is 4.96. The molecule has 0 aliphatic rings. The molecule has 0 fully saturated rings. The van der Waals surface area contributed by atoms with Gasteiger partial charge in [0.25, 0.3) is 0 Å². The summed E-state index contributed by atoms with van der Waals surface area (Å²) in [6, 6.07) is 1.83. The van der Waals surface area contributed by atoms with Gasteiger partial charge in [0, 0.05) is 15.4 Å². The fraction of sp³-hybridized carbons (Fsp3) is 0.200. The SMILES string of the molecule is Cc1ccoc1C(NN)c1cscc1Br. The number of nitrogens with one attached hydrogen (secondary N) is 1. The summed E-state index contributed by atoms with van der Waals surface area (Å²) in [6.07, 6.45) is 1.68. The maximum absolute atomic E-state index is 5.57. The van der Waals surface area contributed by atoms with Crippen molar-refractivity contribution in [3.63, 3.8) is 0 Å². The van der Waals surface area contributed by atoms with Gasteiger partial charge >= 0.3 is 0 Å². The molecular formula is C10H11BrN2OS. The Balaban J connectivity index is 2.41. The van der Waals surface area contributed by atoms with Crippen LogP contribution in [0.3, 0.4) is 0 Å². The van der Waals surface area contributed by atoms with E-state index in [1.54, 1.807) is 17.6 Å². The second-order valence-corrected chi connectivity index (χ2v) is 4.84. The van der Waals surface area contributed by atoms with Crippen LogP contribution in [-0.2, 0) is 0 Å². The third-order valence-corrected chi connectivity index (χ3v) is 4.04. The van der Waals surface area contributed by atoms with Gasteiger partial charge in [-0.05, 0) is 39.9 Å².